The summed E-state index contributed by atoms with van der Waals surface area (Å²) in [6.07, 6.45) is 9.45. The van der Waals surface area contributed by atoms with Gasteiger partial charge in [0.2, 0.25) is 0 Å². The van der Waals surface area contributed by atoms with Crippen LogP contribution in [-0.4, -0.2) is 5.97 Å². The molecule has 1 atom stereocenters. The molecule has 0 saturated carbocycles. The van der Waals surface area contributed by atoms with Crippen LogP contribution in [0.15, 0.2) is 0 Å². The Hall–Kier alpha value is -0.0105. The van der Waals surface area contributed by atoms with Crippen LogP contribution in [0.2, 0.25) is 0 Å². The van der Waals surface area contributed by atoms with Gasteiger partial charge in [-0.2, -0.15) is 0 Å². The summed E-state index contributed by atoms with van der Waals surface area (Å²) in [7, 11) is 0. The minimum absolute atomic E-state index is 0. The molecule has 0 N–H and O–H groups in total. The van der Waals surface area contributed by atoms with Gasteiger partial charge in [-0.1, -0.05) is 58.8 Å². The van der Waals surface area contributed by atoms with E-state index in [0.29, 0.717) is 0 Å². The third-order valence-electron chi connectivity index (χ3n) is 2.64. The molecule has 0 aliphatic heterocycles. The number of hydrogen-bond donors (Lipinski definition) is 0. The molecule has 0 heterocycles. The Morgan fingerprint density at radius 1 is 1.07 bits per heavy atom. The van der Waals surface area contributed by atoms with Gasteiger partial charge in [0.05, 0.1) is 0 Å². The van der Waals surface area contributed by atoms with Gasteiger partial charge in [0.1, 0.15) is 0 Å². The normalized spacial score (nSPS) is 11.9. The van der Waals surface area contributed by atoms with Gasteiger partial charge in [-0.15, -0.1) is 0 Å². The second-order valence-corrected chi connectivity index (χ2v) is 4.13. The fraction of sp³-hybridized carbons (Fsp3) is 0.917. The first-order valence-electron chi connectivity index (χ1n) is 5.89. The molecule has 0 aromatic carbocycles. The zero-order chi connectivity index (χ0) is 10.8. The molecule has 94 valence electrons. The van der Waals surface area contributed by atoms with Crippen LogP contribution in [0.1, 0.15) is 65.2 Å². The van der Waals surface area contributed by atoms with Crippen LogP contribution in [0.3, 0.4) is 0 Å². The Morgan fingerprint density at radius 2 is 1.53 bits per heavy atom. The first kappa shape index (κ1) is 17.4. The predicted molar refractivity (Wildman–Crippen MR) is 56.8 cm³/mol. The molecular weight excluding hydrogens is 240 g/mol. The molecule has 0 spiro atoms. The summed E-state index contributed by atoms with van der Waals surface area (Å²) >= 11 is 0. The van der Waals surface area contributed by atoms with Crippen LogP contribution in [0, 0.1) is 5.92 Å². The van der Waals surface area contributed by atoms with E-state index in [1.807, 2.05) is 0 Å². The van der Waals surface area contributed by atoms with E-state index in [2.05, 4.69) is 6.92 Å². The van der Waals surface area contributed by atoms with Crippen molar-refractivity contribution in [2.45, 2.75) is 65.2 Å². The van der Waals surface area contributed by atoms with E-state index < -0.39 is 5.97 Å². The minimum atomic E-state index is -0.906. The first-order chi connectivity index (χ1) is 6.68. The Morgan fingerprint density at radius 3 is 2.00 bits per heavy atom. The predicted octanol–water partition coefficient (Wildman–Crippen LogP) is 2.51. The van der Waals surface area contributed by atoms with Gasteiger partial charge < -0.3 is 9.90 Å². The van der Waals surface area contributed by atoms with Crippen molar-refractivity contribution in [1.29, 1.82) is 0 Å². The number of carboxylic acids is 1. The van der Waals surface area contributed by atoms with Crippen molar-refractivity contribution < 1.29 is 27.0 Å². The van der Waals surface area contributed by atoms with E-state index in [1.54, 1.807) is 6.92 Å². The molecule has 0 aliphatic carbocycles. The average Bonchev–Trinajstić information content (AvgIpc) is 2.16. The monoisotopic (exact) mass is 262 g/mol. The fourth-order valence-corrected chi connectivity index (χ4v) is 1.53. The maximum atomic E-state index is 10.4. The maximum absolute atomic E-state index is 10.4. The van der Waals surface area contributed by atoms with Crippen LogP contribution >= 0.6 is 0 Å². The molecule has 2 nitrogen and oxygen atoms in total. The van der Waals surface area contributed by atoms with Gasteiger partial charge in [0, 0.05) is 5.97 Å². The minimum Gasteiger partial charge on any atom is -0.550 e. The standard InChI is InChI=1S/C12H24O2.Cu/c1-3-4-5-6-7-8-9-10-11(2)12(13)14;/h11H,3-10H2,1-2H3,(H,13,14);/q;+1/p-1. The van der Waals surface area contributed by atoms with Crippen LogP contribution in [-0.2, 0) is 21.9 Å². The number of unbranched alkanes of at least 4 members (excludes halogenated alkanes) is 6. The Kier molecular flexibility index (Phi) is 14.0. The van der Waals surface area contributed by atoms with Crippen LogP contribution in [0.25, 0.3) is 0 Å². The molecule has 0 aliphatic rings. The summed E-state index contributed by atoms with van der Waals surface area (Å²) in [5, 5.41) is 10.4. The van der Waals surface area contributed by atoms with Crippen molar-refractivity contribution in [2.75, 3.05) is 0 Å². The molecule has 0 bridgehead atoms. The molecule has 0 fully saturated rings. The molecule has 0 saturated heterocycles. The second-order valence-electron chi connectivity index (χ2n) is 4.13. The summed E-state index contributed by atoms with van der Waals surface area (Å²) in [5.41, 5.74) is 0. The number of carboxylic acid groups (broad SMARTS) is 1. The molecule has 0 radical (unpaired) electrons. The van der Waals surface area contributed by atoms with E-state index in [-0.39, 0.29) is 23.0 Å². The summed E-state index contributed by atoms with van der Waals surface area (Å²) in [6.45, 7) is 3.94. The molecule has 0 amide bonds. The maximum Gasteiger partial charge on any atom is 1.00 e. The van der Waals surface area contributed by atoms with Crippen molar-refractivity contribution in [1.82, 2.24) is 0 Å². The SMILES string of the molecule is CCCCCCCCCC(C)C(=O)[O-].[Cu+]. The smallest absolute Gasteiger partial charge is 0.550 e. The van der Waals surface area contributed by atoms with E-state index in [1.165, 1.54) is 38.5 Å². The molecule has 15 heavy (non-hydrogen) atoms. The van der Waals surface area contributed by atoms with Crippen molar-refractivity contribution in [3.8, 4) is 0 Å². The topological polar surface area (TPSA) is 40.1 Å². The fourth-order valence-electron chi connectivity index (χ4n) is 1.53. The third kappa shape index (κ3) is 11.9. The second kappa shape index (κ2) is 12.1. The van der Waals surface area contributed by atoms with E-state index in [9.17, 15) is 9.90 Å². The summed E-state index contributed by atoms with van der Waals surface area (Å²) in [5.74, 6) is -1.18. The summed E-state index contributed by atoms with van der Waals surface area (Å²) < 4.78 is 0. The van der Waals surface area contributed by atoms with Gasteiger partial charge in [0.25, 0.3) is 0 Å². The molecule has 3 heteroatoms. The number of carbonyl (C=O) groups is 1. The summed E-state index contributed by atoms with van der Waals surface area (Å²) in [6, 6.07) is 0. The Bertz CT molecular complexity index is 149. The van der Waals surface area contributed by atoms with Crippen LogP contribution in [0.5, 0.6) is 0 Å². The number of aliphatic carboxylic acids is 1. The molecular formula is C12H23CuO2. The van der Waals surface area contributed by atoms with Crippen molar-refractivity contribution in [3.05, 3.63) is 0 Å². The molecule has 0 rings (SSSR count). The molecule has 1 unspecified atom stereocenters. The zero-order valence-corrected chi connectivity index (χ0v) is 10.8. The van der Waals surface area contributed by atoms with E-state index in [0.717, 1.165) is 12.8 Å². The molecule has 0 aromatic heterocycles. The van der Waals surface area contributed by atoms with Gasteiger partial charge >= 0.3 is 17.1 Å². The zero-order valence-electron chi connectivity index (χ0n) is 9.85. The van der Waals surface area contributed by atoms with Gasteiger partial charge in [-0.3, -0.25) is 0 Å². The first-order valence-corrected chi connectivity index (χ1v) is 5.89. The number of rotatable bonds is 9. The Labute approximate surface area is 104 Å². The van der Waals surface area contributed by atoms with Crippen molar-refractivity contribution in [3.63, 3.8) is 0 Å². The largest absolute Gasteiger partial charge is 1.00 e. The van der Waals surface area contributed by atoms with Crippen LogP contribution in [0.4, 0.5) is 0 Å². The third-order valence-corrected chi connectivity index (χ3v) is 2.64. The average molecular weight is 263 g/mol. The van der Waals surface area contributed by atoms with Crippen molar-refractivity contribution >= 4 is 5.97 Å². The van der Waals surface area contributed by atoms with Crippen molar-refractivity contribution in [2.24, 2.45) is 5.92 Å². The Balaban J connectivity index is 0. The quantitative estimate of drug-likeness (QED) is 0.473. The number of carbonyl (C=O) groups excluding carboxylic acids is 1. The van der Waals surface area contributed by atoms with E-state index in [4.69, 9.17) is 0 Å². The van der Waals surface area contributed by atoms with Crippen LogP contribution < -0.4 is 5.11 Å². The van der Waals surface area contributed by atoms with Gasteiger partial charge in [-0.25, -0.2) is 0 Å². The van der Waals surface area contributed by atoms with Gasteiger partial charge in [-0.05, 0) is 12.3 Å². The molecule has 0 aromatic rings. The number of hydrogen-bond acceptors (Lipinski definition) is 2. The summed E-state index contributed by atoms with van der Waals surface area (Å²) in [4.78, 5) is 10.4. The van der Waals surface area contributed by atoms with Gasteiger partial charge in [0.15, 0.2) is 0 Å². The van der Waals surface area contributed by atoms with E-state index >= 15 is 0 Å².